The Kier molecular flexibility index (Phi) is 2.91. The second-order valence-corrected chi connectivity index (χ2v) is 5.98. The fourth-order valence-corrected chi connectivity index (χ4v) is 2.92. The Morgan fingerprint density at radius 1 is 1.30 bits per heavy atom. The Morgan fingerprint density at radius 3 is 2.85 bits per heavy atom. The van der Waals surface area contributed by atoms with E-state index in [4.69, 9.17) is 4.98 Å². The summed E-state index contributed by atoms with van der Waals surface area (Å²) in [6.07, 6.45) is 7.42. The molecule has 0 aromatic carbocycles. The molecule has 106 valence electrons. The smallest absolute Gasteiger partial charge is 0.152 e. The van der Waals surface area contributed by atoms with Crippen LogP contribution < -0.4 is 10.2 Å². The quantitative estimate of drug-likeness (QED) is 0.875. The predicted molar refractivity (Wildman–Crippen MR) is 81.1 cm³/mol. The van der Waals surface area contributed by atoms with E-state index < -0.39 is 0 Å². The van der Waals surface area contributed by atoms with Crippen LogP contribution in [0.25, 0.3) is 5.65 Å². The van der Waals surface area contributed by atoms with Crippen LogP contribution in [0.4, 0.5) is 5.82 Å². The lowest BCUT2D eigenvalue weighted by Gasteiger charge is -2.21. The lowest BCUT2D eigenvalue weighted by Crippen LogP contribution is -2.28. The van der Waals surface area contributed by atoms with Crippen LogP contribution in [0.5, 0.6) is 0 Å². The van der Waals surface area contributed by atoms with E-state index in [2.05, 4.69) is 45.9 Å². The Labute approximate surface area is 119 Å². The maximum absolute atomic E-state index is 4.89. The van der Waals surface area contributed by atoms with Gasteiger partial charge >= 0.3 is 0 Å². The normalized spacial score (nSPS) is 18.6. The zero-order valence-corrected chi connectivity index (χ0v) is 12.0. The highest BCUT2D eigenvalue weighted by molar-refractivity contribution is 5.57. The van der Waals surface area contributed by atoms with E-state index in [0.717, 1.165) is 24.8 Å². The Hall–Kier alpha value is -1.55. The van der Waals surface area contributed by atoms with Gasteiger partial charge in [-0.25, -0.2) is 4.98 Å². The van der Waals surface area contributed by atoms with Crippen LogP contribution >= 0.6 is 0 Å². The van der Waals surface area contributed by atoms with Gasteiger partial charge in [0, 0.05) is 31.4 Å². The van der Waals surface area contributed by atoms with Crippen molar-refractivity contribution in [2.75, 3.05) is 11.4 Å². The third kappa shape index (κ3) is 2.18. The first-order valence-electron chi connectivity index (χ1n) is 7.83. The number of hydrogen-bond donors (Lipinski definition) is 1. The van der Waals surface area contributed by atoms with Crippen LogP contribution in [-0.4, -0.2) is 28.0 Å². The molecule has 0 spiro atoms. The van der Waals surface area contributed by atoms with Gasteiger partial charge in [0.15, 0.2) is 5.82 Å². The molecular formula is C16H22N4. The number of fused-ring (bicyclic) bond motifs is 1. The summed E-state index contributed by atoms with van der Waals surface area (Å²) in [6.45, 7) is 4.21. The first-order chi connectivity index (χ1) is 9.86. The number of imidazole rings is 1. The Balaban J connectivity index is 1.73. The van der Waals surface area contributed by atoms with Crippen molar-refractivity contribution in [2.24, 2.45) is 0 Å². The number of pyridine rings is 1. The highest BCUT2D eigenvalue weighted by Gasteiger charge is 2.32. The summed E-state index contributed by atoms with van der Waals surface area (Å²) in [5.41, 5.74) is 2.38. The molecule has 1 N–H and O–H groups in total. The average molecular weight is 270 g/mol. The Morgan fingerprint density at radius 2 is 2.15 bits per heavy atom. The topological polar surface area (TPSA) is 32.6 Å². The first-order valence-corrected chi connectivity index (χ1v) is 7.83. The highest BCUT2D eigenvalue weighted by atomic mass is 15.3. The van der Waals surface area contributed by atoms with Gasteiger partial charge in [-0.15, -0.1) is 0 Å². The molecule has 2 aliphatic rings. The van der Waals surface area contributed by atoms with Crippen molar-refractivity contribution in [1.29, 1.82) is 0 Å². The van der Waals surface area contributed by atoms with Gasteiger partial charge in [0.25, 0.3) is 0 Å². The third-order valence-corrected chi connectivity index (χ3v) is 4.34. The molecule has 0 unspecified atom stereocenters. The van der Waals surface area contributed by atoms with Crippen molar-refractivity contribution < 1.29 is 0 Å². The standard InChI is InChI=1S/C16H22N4/c1-2-19(13-8-9-13)16-14(11-17-12-6-7-12)20-10-4-3-5-15(20)18-16/h3-5,10,12-13,17H,2,6-9,11H2,1H3. The van der Waals surface area contributed by atoms with E-state index in [1.54, 1.807) is 0 Å². The van der Waals surface area contributed by atoms with Crippen LogP contribution in [0.1, 0.15) is 38.3 Å². The maximum atomic E-state index is 4.89. The van der Waals surface area contributed by atoms with Crippen molar-refractivity contribution >= 4 is 11.5 Å². The van der Waals surface area contributed by atoms with Crippen molar-refractivity contribution in [1.82, 2.24) is 14.7 Å². The van der Waals surface area contributed by atoms with Crippen molar-refractivity contribution in [3.63, 3.8) is 0 Å². The molecule has 4 nitrogen and oxygen atoms in total. The molecule has 0 saturated heterocycles. The maximum Gasteiger partial charge on any atom is 0.152 e. The minimum atomic E-state index is 0.713. The van der Waals surface area contributed by atoms with Gasteiger partial charge in [0.1, 0.15) is 5.65 Å². The molecule has 0 bridgehead atoms. The molecule has 0 amide bonds. The summed E-state index contributed by atoms with van der Waals surface area (Å²) in [5, 5.41) is 3.64. The monoisotopic (exact) mass is 270 g/mol. The molecule has 2 saturated carbocycles. The number of nitrogens with zero attached hydrogens (tertiary/aromatic N) is 3. The molecule has 4 rings (SSSR count). The summed E-state index contributed by atoms with van der Waals surface area (Å²) in [5.74, 6) is 1.19. The highest BCUT2D eigenvalue weighted by Crippen LogP contribution is 2.33. The van der Waals surface area contributed by atoms with E-state index in [1.807, 2.05) is 0 Å². The van der Waals surface area contributed by atoms with Crippen molar-refractivity contribution in [3.8, 4) is 0 Å². The number of nitrogens with one attached hydrogen (secondary N) is 1. The Bertz CT molecular complexity index is 610. The van der Waals surface area contributed by atoms with Crippen molar-refractivity contribution in [2.45, 2.75) is 51.2 Å². The number of aromatic nitrogens is 2. The van der Waals surface area contributed by atoms with Crippen LogP contribution in [0.15, 0.2) is 24.4 Å². The molecule has 0 aliphatic heterocycles. The predicted octanol–water partition coefficient (Wildman–Crippen LogP) is 2.58. The summed E-state index contributed by atoms with van der Waals surface area (Å²) >= 11 is 0. The minimum absolute atomic E-state index is 0.713. The lowest BCUT2D eigenvalue weighted by molar-refractivity contribution is 0.665. The molecule has 0 atom stereocenters. The molecule has 2 heterocycles. The second-order valence-electron chi connectivity index (χ2n) is 5.98. The zero-order chi connectivity index (χ0) is 13.5. The third-order valence-electron chi connectivity index (χ3n) is 4.34. The van der Waals surface area contributed by atoms with Gasteiger partial charge in [-0.05, 0) is 44.7 Å². The van der Waals surface area contributed by atoms with E-state index in [-0.39, 0.29) is 0 Å². The first kappa shape index (κ1) is 12.2. The minimum Gasteiger partial charge on any atom is -0.352 e. The van der Waals surface area contributed by atoms with E-state index in [0.29, 0.717) is 6.04 Å². The summed E-state index contributed by atoms with van der Waals surface area (Å²) in [6, 6.07) is 7.70. The number of anilines is 1. The lowest BCUT2D eigenvalue weighted by atomic mass is 10.3. The van der Waals surface area contributed by atoms with Gasteiger partial charge in [-0.2, -0.15) is 0 Å². The van der Waals surface area contributed by atoms with E-state index in [1.165, 1.54) is 37.2 Å². The summed E-state index contributed by atoms with van der Waals surface area (Å²) < 4.78 is 2.25. The molecule has 2 fully saturated rings. The van der Waals surface area contributed by atoms with Gasteiger partial charge in [0.2, 0.25) is 0 Å². The number of hydrogen-bond acceptors (Lipinski definition) is 3. The van der Waals surface area contributed by atoms with Crippen LogP contribution in [0.3, 0.4) is 0 Å². The SMILES string of the molecule is CCN(c1nc2ccccn2c1CNC1CC1)C1CC1. The zero-order valence-electron chi connectivity index (χ0n) is 12.0. The summed E-state index contributed by atoms with van der Waals surface area (Å²) in [7, 11) is 0. The summed E-state index contributed by atoms with van der Waals surface area (Å²) in [4.78, 5) is 7.38. The van der Waals surface area contributed by atoms with E-state index in [9.17, 15) is 0 Å². The average Bonchev–Trinajstić information content (AvgIpc) is 3.36. The van der Waals surface area contributed by atoms with Crippen LogP contribution in [0, 0.1) is 0 Å². The van der Waals surface area contributed by atoms with Crippen molar-refractivity contribution in [3.05, 3.63) is 30.1 Å². The molecule has 2 aromatic rings. The fourth-order valence-electron chi connectivity index (χ4n) is 2.92. The van der Waals surface area contributed by atoms with Gasteiger partial charge < -0.3 is 14.6 Å². The van der Waals surface area contributed by atoms with Crippen LogP contribution in [0.2, 0.25) is 0 Å². The molecule has 2 aliphatic carbocycles. The van der Waals surface area contributed by atoms with Gasteiger partial charge in [0.05, 0.1) is 5.69 Å². The number of rotatable bonds is 6. The molecule has 4 heteroatoms. The molecule has 20 heavy (non-hydrogen) atoms. The van der Waals surface area contributed by atoms with E-state index >= 15 is 0 Å². The fraction of sp³-hybridized carbons (Fsp3) is 0.562. The molecule has 0 radical (unpaired) electrons. The second kappa shape index (κ2) is 4.77. The molecule has 2 aromatic heterocycles. The molecular weight excluding hydrogens is 248 g/mol. The van der Waals surface area contributed by atoms with Gasteiger partial charge in [-0.1, -0.05) is 6.07 Å². The van der Waals surface area contributed by atoms with Gasteiger partial charge in [-0.3, -0.25) is 0 Å². The largest absolute Gasteiger partial charge is 0.352 e. The van der Waals surface area contributed by atoms with Crippen LogP contribution in [-0.2, 0) is 6.54 Å².